The molecule has 0 saturated carbocycles. The number of allylic oxidation sites excluding steroid dienone is 1. The van der Waals surface area contributed by atoms with E-state index in [0.29, 0.717) is 0 Å². The van der Waals surface area contributed by atoms with E-state index in [9.17, 15) is 0 Å². The third-order valence-corrected chi connectivity index (χ3v) is 0.992. The minimum Gasteiger partial charge on any atom is -0.309 e. The lowest BCUT2D eigenvalue weighted by Crippen LogP contribution is -2.33. The molecule has 0 unspecified atom stereocenters. The molecule has 1 rings (SSSR count). The molecule has 1 heterocycles. The average molecular weight is 93.1 g/mol. The minimum absolute atomic E-state index is 0.990. The van der Waals surface area contributed by atoms with Gasteiger partial charge < -0.3 is 5.32 Å². The van der Waals surface area contributed by atoms with Gasteiger partial charge in [-0.25, -0.2) is 0 Å². The number of terminal acetylenes is 1. The SMILES string of the molecule is C#CC=C1CNC1. The number of hydrogen-bond acceptors (Lipinski definition) is 1. The highest BCUT2D eigenvalue weighted by Crippen LogP contribution is 1.97. The van der Waals surface area contributed by atoms with Crippen LogP contribution in [-0.2, 0) is 0 Å². The molecule has 1 saturated heterocycles. The quantitative estimate of drug-likeness (QED) is 0.420. The van der Waals surface area contributed by atoms with Crippen LogP contribution in [0.4, 0.5) is 0 Å². The van der Waals surface area contributed by atoms with Crippen LogP contribution in [0.2, 0.25) is 0 Å². The first-order chi connectivity index (χ1) is 3.43. The molecule has 1 N–H and O–H groups in total. The van der Waals surface area contributed by atoms with Crippen molar-refractivity contribution in [3.63, 3.8) is 0 Å². The summed E-state index contributed by atoms with van der Waals surface area (Å²) in [4.78, 5) is 0. The lowest BCUT2D eigenvalue weighted by atomic mass is 10.1. The van der Waals surface area contributed by atoms with Gasteiger partial charge in [-0.3, -0.25) is 0 Å². The Balaban J connectivity index is 2.41. The fourth-order valence-corrected chi connectivity index (χ4v) is 0.489. The van der Waals surface area contributed by atoms with Crippen molar-refractivity contribution in [2.45, 2.75) is 0 Å². The molecule has 1 aliphatic rings. The Morgan fingerprint density at radius 3 is 2.57 bits per heavy atom. The van der Waals surface area contributed by atoms with Gasteiger partial charge in [-0.15, -0.1) is 6.42 Å². The predicted molar refractivity (Wildman–Crippen MR) is 29.8 cm³/mol. The maximum Gasteiger partial charge on any atom is 0.0189 e. The Bertz CT molecular complexity index is 122. The zero-order valence-corrected chi connectivity index (χ0v) is 4.07. The Morgan fingerprint density at radius 2 is 2.43 bits per heavy atom. The Morgan fingerprint density at radius 1 is 1.71 bits per heavy atom. The standard InChI is InChI=1S/C6H7N/c1-2-3-6-4-7-5-6/h1,3,7H,4-5H2. The Hall–Kier alpha value is -0.740. The van der Waals surface area contributed by atoms with Crippen LogP contribution in [-0.4, -0.2) is 13.1 Å². The topological polar surface area (TPSA) is 12.0 Å². The third-order valence-electron chi connectivity index (χ3n) is 0.992. The van der Waals surface area contributed by atoms with Crippen molar-refractivity contribution in [3.05, 3.63) is 11.6 Å². The van der Waals surface area contributed by atoms with Crippen LogP contribution in [0.1, 0.15) is 0 Å². The van der Waals surface area contributed by atoms with Gasteiger partial charge in [0.1, 0.15) is 0 Å². The van der Waals surface area contributed by atoms with E-state index < -0.39 is 0 Å². The van der Waals surface area contributed by atoms with Crippen molar-refractivity contribution < 1.29 is 0 Å². The highest BCUT2D eigenvalue weighted by atomic mass is 14.9. The van der Waals surface area contributed by atoms with E-state index in [0.717, 1.165) is 13.1 Å². The normalized spacial score (nSPS) is 17.3. The number of rotatable bonds is 0. The van der Waals surface area contributed by atoms with E-state index in [2.05, 4.69) is 11.2 Å². The molecule has 0 atom stereocenters. The smallest absolute Gasteiger partial charge is 0.0189 e. The zero-order valence-electron chi connectivity index (χ0n) is 4.07. The summed E-state index contributed by atoms with van der Waals surface area (Å²) >= 11 is 0. The van der Waals surface area contributed by atoms with E-state index in [1.165, 1.54) is 5.57 Å². The van der Waals surface area contributed by atoms with E-state index in [1.54, 1.807) is 0 Å². The zero-order chi connectivity index (χ0) is 5.11. The van der Waals surface area contributed by atoms with Gasteiger partial charge in [0, 0.05) is 13.1 Å². The lowest BCUT2D eigenvalue weighted by molar-refractivity contribution is 0.669. The van der Waals surface area contributed by atoms with Crippen LogP contribution in [0.25, 0.3) is 0 Å². The molecule has 0 spiro atoms. The molecule has 0 bridgehead atoms. The summed E-state index contributed by atoms with van der Waals surface area (Å²) in [5.41, 5.74) is 1.34. The van der Waals surface area contributed by atoms with Crippen molar-refractivity contribution in [2.24, 2.45) is 0 Å². The molecular formula is C6H7N. The number of hydrogen-bond donors (Lipinski definition) is 1. The maximum absolute atomic E-state index is 4.98. The van der Waals surface area contributed by atoms with E-state index in [1.807, 2.05) is 6.08 Å². The van der Waals surface area contributed by atoms with Gasteiger partial charge >= 0.3 is 0 Å². The minimum atomic E-state index is 0.990. The van der Waals surface area contributed by atoms with Gasteiger partial charge in [0.05, 0.1) is 0 Å². The molecule has 0 aromatic rings. The largest absolute Gasteiger partial charge is 0.309 e. The van der Waals surface area contributed by atoms with Crippen molar-refractivity contribution in [2.75, 3.05) is 13.1 Å². The molecular weight excluding hydrogens is 86.1 g/mol. The summed E-state index contributed by atoms with van der Waals surface area (Å²) in [6.07, 6.45) is 6.80. The molecule has 0 aromatic heterocycles. The van der Waals surface area contributed by atoms with Gasteiger partial charge in [-0.2, -0.15) is 0 Å². The second-order valence-electron chi connectivity index (χ2n) is 1.57. The molecule has 1 aliphatic heterocycles. The highest BCUT2D eigenvalue weighted by Gasteiger charge is 2.03. The summed E-state index contributed by atoms with van der Waals surface area (Å²) in [6, 6.07) is 0. The highest BCUT2D eigenvalue weighted by molar-refractivity contribution is 5.23. The predicted octanol–water partition coefficient (Wildman–Crippen LogP) is 0.149. The molecule has 0 amide bonds. The molecule has 0 aliphatic carbocycles. The van der Waals surface area contributed by atoms with Gasteiger partial charge in [0.2, 0.25) is 0 Å². The first kappa shape index (κ1) is 4.42. The molecule has 1 nitrogen and oxygen atoms in total. The fraction of sp³-hybridized carbons (Fsp3) is 0.333. The summed E-state index contributed by atoms with van der Waals surface area (Å²) < 4.78 is 0. The molecule has 1 heteroatoms. The van der Waals surface area contributed by atoms with E-state index in [4.69, 9.17) is 6.42 Å². The van der Waals surface area contributed by atoms with Gasteiger partial charge in [0.25, 0.3) is 0 Å². The van der Waals surface area contributed by atoms with Crippen molar-refractivity contribution in [1.29, 1.82) is 0 Å². The molecule has 36 valence electrons. The van der Waals surface area contributed by atoms with Crippen molar-refractivity contribution >= 4 is 0 Å². The monoisotopic (exact) mass is 93.1 g/mol. The molecule has 1 fully saturated rings. The first-order valence-corrected chi connectivity index (χ1v) is 2.28. The third kappa shape index (κ3) is 0.819. The Kier molecular flexibility index (Phi) is 1.14. The first-order valence-electron chi connectivity index (χ1n) is 2.28. The van der Waals surface area contributed by atoms with Gasteiger partial charge in [0.15, 0.2) is 0 Å². The van der Waals surface area contributed by atoms with Crippen LogP contribution in [0, 0.1) is 12.3 Å². The van der Waals surface area contributed by atoms with Crippen molar-refractivity contribution in [1.82, 2.24) is 5.32 Å². The summed E-state index contributed by atoms with van der Waals surface area (Å²) in [5.74, 6) is 2.47. The van der Waals surface area contributed by atoms with Crippen LogP contribution in [0.3, 0.4) is 0 Å². The van der Waals surface area contributed by atoms with Crippen LogP contribution >= 0.6 is 0 Å². The Labute approximate surface area is 43.4 Å². The van der Waals surface area contributed by atoms with Crippen LogP contribution in [0.15, 0.2) is 11.6 Å². The van der Waals surface area contributed by atoms with Gasteiger partial charge in [-0.05, 0) is 11.6 Å². The molecule has 0 radical (unpaired) electrons. The lowest BCUT2D eigenvalue weighted by Gasteiger charge is -2.16. The van der Waals surface area contributed by atoms with Gasteiger partial charge in [-0.1, -0.05) is 5.92 Å². The average Bonchev–Trinajstić information content (AvgIpc) is 1.55. The molecule has 7 heavy (non-hydrogen) atoms. The van der Waals surface area contributed by atoms with Crippen LogP contribution < -0.4 is 5.32 Å². The van der Waals surface area contributed by atoms with Crippen LogP contribution in [0.5, 0.6) is 0 Å². The summed E-state index contributed by atoms with van der Waals surface area (Å²) in [5, 5.41) is 3.08. The summed E-state index contributed by atoms with van der Waals surface area (Å²) in [6.45, 7) is 1.98. The number of nitrogens with one attached hydrogen (secondary N) is 1. The van der Waals surface area contributed by atoms with E-state index >= 15 is 0 Å². The summed E-state index contributed by atoms with van der Waals surface area (Å²) in [7, 11) is 0. The van der Waals surface area contributed by atoms with E-state index in [-0.39, 0.29) is 0 Å². The second kappa shape index (κ2) is 1.81. The molecule has 0 aromatic carbocycles. The van der Waals surface area contributed by atoms with Crippen molar-refractivity contribution in [3.8, 4) is 12.3 Å². The maximum atomic E-state index is 4.98. The second-order valence-corrected chi connectivity index (χ2v) is 1.57. The fourth-order valence-electron chi connectivity index (χ4n) is 0.489.